The second-order valence-corrected chi connectivity index (χ2v) is 7.82. The molecule has 0 bridgehead atoms. The quantitative estimate of drug-likeness (QED) is 0.553. The minimum Gasteiger partial charge on any atom is -0.494 e. The van der Waals surface area contributed by atoms with Crippen LogP contribution in [-0.2, 0) is 4.74 Å². The van der Waals surface area contributed by atoms with Crippen LogP contribution in [0.15, 0.2) is 53.5 Å². The smallest absolute Gasteiger partial charge is 0.292 e. The van der Waals surface area contributed by atoms with Gasteiger partial charge in [0.1, 0.15) is 16.5 Å². The van der Waals surface area contributed by atoms with E-state index in [1.165, 1.54) is 30.0 Å². The number of benzene rings is 2. The molecule has 1 atom stereocenters. The Labute approximate surface area is 189 Å². The molecule has 1 aliphatic heterocycles. The number of nitrogens with zero attached hydrogens (tertiary/aromatic N) is 2. The summed E-state index contributed by atoms with van der Waals surface area (Å²) in [5.74, 6) is 0.940. The molecule has 1 N–H and O–H groups in total. The average Bonchev–Trinajstić information content (AvgIpc) is 2.82. The van der Waals surface area contributed by atoms with Crippen LogP contribution in [0.25, 0.3) is 5.69 Å². The number of methoxy groups -OCH3 is 1. The van der Waals surface area contributed by atoms with Crippen LogP contribution in [0, 0.1) is 11.7 Å². The lowest BCUT2D eigenvalue weighted by molar-refractivity contribution is 0.0595. The van der Waals surface area contributed by atoms with Crippen molar-refractivity contribution < 1.29 is 18.6 Å². The first-order valence-electron chi connectivity index (χ1n) is 10.3. The third-order valence-electron chi connectivity index (χ3n) is 5.19. The van der Waals surface area contributed by atoms with Gasteiger partial charge in [-0.05, 0) is 55.2 Å². The van der Waals surface area contributed by atoms with Crippen LogP contribution in [0.3, 0.4) is 0 Å². The fourth-order valence-electron chi connectivity index (χ4n) is 3.46. The monoisotopic (exact) mass is 459 g/mol. The topological polar surface area (TPSA) is 74.6 Å². The summed E-state index contributed by atoms with van der Waals surface area (Å²) in [5, 5.41) is 7.53. The lowest BCUT2D eigenvalue weighted by atomic mass is 10.0. The van der Waals surface area contributed by atoms with Gasteiger partial charge in [-0.2, -0.15) is 9.78 Å². The SMILES string of the molecule is COc1cc(Oc2ccc(-n3ncc(NCC4CCCOC4)c(Cl)c3=O)cc2)ccc1F. The maximum atomic E-state index is 13.6. The first kappa shape index (κ1) is 22.1. The van der Waals surface area contributed by atoms with E-state index in [1.54, 1.807) is 30.5 Å². The van der Waals surface area contributed by atoms with Gasteiger partial charge < -0.3 is 19.5 Å². The Hall–Kier alpha value is -3.10. The number of hydrogen-bond acceptors (Lipinski definition) is 6. The highest BCUT2D eigenvalue weighted by Gasteiger charge is 2.16. The number of rotatable bonds is 7. The van der Waals surface area contributed by atoms with E-state index in [4.69, 9.17) is 25.8 Å². The van der Waals surface area contributed by atoms with Gasteiger partial charge in [0, 0.05) is 19.2 Å². The molecule has 3 aromatic rings. The molecule has 168 valence electrons. The molecule has 9 heteroatoms. The number of anilines is 1. The Morgan fingerprint density at radius 3 is 2.75 bits per heavy atom. The fraction of sp³-hybridized carbons (Fsp3) is 0.304. The van der Waals surface area contributed by atoms with Crippen molar-refractivity contribution in [3.05, 3.63) is 69.9 Å². The Morgan fingerprint density at radius 1 is 1.25 bits per heavy atom. The second kappa shape index (κ2) is 10.0. The highest BCUT2D eigenvalue weighted by Crippen LogP contribution is 2.28. The first-order valence-corrected chi connectivity index (χ1v) is 10.6. The van der Waals surface area contributed by atoms with Crippen molar-refractivity contribution in [1.82, 2.24) is 9.78 Å². The van der Waals surface area contributed by atoms with Gasteiger partial charge in [-0.25, -0.2) is 4.39 Å². The van der Waals surface area contributed by atoms with Gasteiger partial charge in [0.05, 0.1) is 31.3 Å². The molecule has 7 nitrogen and oxygen atoms in total. The molecule has 0 spiro atoms. The van der Waals surface area contributed by atoms with Gasteiger partial charge in [0.15, 0.2) is 11.6 Å². The molecule has 1 aliphatic rings. The molecule has 0 saturated carbocycles. The summed E-state index contributed by atoms with van der Waals surface area (Å²) in [6, 6.07) is 11.0. The zero-order chi connectivity index (χ0) is 22.5. The highest BCUT2D eigenvalue weighted by molar-refractivity contribution is 6.32. The van der Waals surface area contributed by atoms with Gasteiger partial charge in [-0.3, -0.25) is 4.79 Å². The minimum atomic E-state index is -0.470. The lowest BCUT2D eigenvalue weighted by Gasteiger charge is -2.22. The molecule has 1 aromatic heterocycles. The van der Waals surface area contributed by atoms with Crippen LogP contribution in [0.5, 0.6) is 17.2 Å². The maximum Gasteiger partial charge on any atom is 0.292 e. The summed E-state index contributed by atoms with van der Waals surface area (Å²) < 4.78 is 30.9. The molecule has 1 fully saturated rings. The molecule has 0 aliphatic carbocycles. The van der Waals surface area contributed by atoms with Crippen LogP contribution >= 0.6 is 11.6 Å². The van der Waals surface area contributed by atoms with E-state index in [0.717, 1.165) is 19.4 Å². The molecule has 1 unspecified atom stereocenters. The number of hydrogen-bond donors (Lipinski definition) is 1. The molecular weight excluding hydrogens is 437 g/mol. The summed E-state index contributed by atoms with van der Waals surface area (Å²) in [6.45, 7) is 2.18. The van der Waals surface area contributed by atoms with Crippen molar-refractivity contribution in [1.29, 1.82) is 0 Å². The van der Waals surface area contributed by atoms with E-state index in [9.17, 15) is 9.18 Å². The highest BCUT2D eigenvalue weighted by atomic mass is 35.5. The van der Waals surface area contributed by atoms with Gasteiger partial charge in [-0.15, -0.1) is 0 Å². The van der Waals surface area contributed by atoms with Crippen molar-refractivity contribution in [2.45, 2.75) is 12.8 Å². The second-order valence-electron chi connectivity index (χ2n) is 7.45. The van der Waals surface area contributed by atoms with E-state index in [1.807, 2.05) is 0 Å². The van der Waals surface area contributed by atoms with E-state index in [-0.39, 0.29) is 10.8 Å². The molecule has 32 heavy (non-hydrogen) atoms. The van der Waals surface area contributed by atoms with Crippen molar-refractivity contribution in [2.24, 2.45) is 5.92 Å². The minimum absolute atomic E-state index is 0.0791. The molecule has 2 heterocycles. The molecular formula is C23H23ClFN3O4. The number of nitrogens with one attached hydrogen (secondary N) is 1. The van der Waals surface area contributed by atoms with E-state index < -0.39 is 11.4 Å². The van der Waals surface area contributed by atoms with Crippen LogP contribution in [0.1, 0.15) is 12.8 Å². The molecule has 0 amide bonds. The van der Waals surface area contributed by atoms with Crippen LogP contribution in [0.2, 0.25) is 5.02 Å². The van der Waals surface area contributed by atoms with E-state index >= 15 is 0 Å². The van der Waals surface area contributed by atoms with Gasteiger partial charge in [0.2, 0.25) is 0 Å². The standard InChI is InChI=1S/C23H23ClFN3O4/c1-30-21-11-18(8-9-19(21)25)32-17-6-4-16(5-7-17)28-23(29)22(24)20(13-27-28)26-12-15-3-2-10-31-14-15/h4-9,11,13,15,26H,2-3,10,12,14H2,1H3. The van der Waals surface area contributed by atoms with Gasteiger partial charge in [-0.1, -0.05) is 11.6 Å². The van der Waals surface area contributed by atoms with Crippen LogP contribution < -0.4 is 20.3 Å². The summed E-state index contributed by atoms with van der Waals surface area (Å²) in [4.78, 5) is 12.7. The van der Waals surface area contributed by atoms with Crippen LogP contribution in [-0.4, -0.2) is 36.6 Å². The summed E-state index contributed by atoms with van der Waals surface area (Å²) in [5.41, 5.74) is 0.616. The summed E-state index contributed by atoms with van der Waals surface area (Å²) in [7, 11) is 1.39. The molecule has 4 rings (SSSR count). The predicted molar refractivity (Wildman–Crippen MR) is 120 cm³/mol. The Morgan fingerprint density at radius 2 is 2.03 bits per heavy atom. The lowest BCUT2D eigenvalue weighted by Crippen LogP contribution is -2.26. The third-order valence-corrected chi connectivity index (χ3v) is 5.56. The fourth-order valence-corrected chi connectivity index (χ4v) is 3.65. The first-order chi connectivity index (χ1) is 15.5. The van der Waals surface area contributed by atoms with Crippen molar-refractivity contribution in [2.75, 3.05) is 32.2 Å². The molecule has 1 saturated heterocycles. The Kier molecular flexibility index (Phi) is 6.92. The number of ether oxygens (including phenoxy) is 3. The summed E-state index contributed by atoms with van der Waals surface area (Å²) >= 11 is 6.31. The third kappa shape index (κ3) is 5.03. The number of halogens is 2. The van der Waals surface area contributed by atoms with Crippen molar-refractivity contribution in [3.63, 3.8) is 0 Å². The largest absolute Gasteiger partial charge is 0.494 e. The summed E-state index contributed by atoms with van der Waals surface area (Å²) in [6.07, 6.45) is 3.66. The van der Waals surface area contributed by atoms with Crippen molar-refractivity contribution in [3.8, 4) is 22.9 Å². The van der Waals surface area contributed by atoms with Crippen LogP contribution in [0.4, 0.5) is 10.1 Å². The Balaban J connectivity index is 1.46. The molecule has 2 aromatic carbocycles. The normalized spacial score (nSPS) is 15.9. The zero-order valence-electron chi connectivity index (χ0n) is 17.5. The Bertz CT molecular complexity index is 1130. The molecule has 0 radical (unpaired) electrons. The average molecular weight is 460 g/mol. The number of aromatic nitrogens is 2. The van der Waals surface area contributed by atoms with Crippen molar-refractivity contribution >= 4 is 17.3 Å². The van der Waals surface area contributed by atoms with Gasteiger partial charge >= 0.3 is 0 Å². The van der Waals surface area contributed by atoms with E-state index in [2.05, 4.69) is 10.4 Å². The van der Waals surface area contributed by atoms with Gasteiger partial charge in [0.25, 0.3) is 5.56 Å². The van der Waals surface area contributed by atoms with E-state index in [0.29, 0.717) is 41.9 Å². The predicted octanol–water partition coefficient (Wildman–Crippen LogP) is 4.66. The maximum absolute atomic E-state index is 13.6. The zero-order valence-corrected chi connectivity index (χ0v) is 18.3.